The fourth-order valence-electron chi connectivity index (χ4n) is 3.23. The lowest BCUT2D eigenvalue weighted by atomic mass is 9.75. The van der Waals surface area contributed by atoms with Crippen LogP contribution in [-0.2, 0) is 9.47 Å². The van der Waals surface area contributed by atoms with Gasteiger partial charge in [0.2, 0.25) is 0 Å². The number of esters is 1. The SMILES string of the molecule is CC(C)(OC(=O)c1ccccc1)[C@H]1CC[C@@]2(C)O[C@H]2C1. The Morgan fingerprint density at radius 3 is 2.70 bits per heavy atom. The molecule has 1 saturated heterocycles. The van der Waals surface area contributed by atoms with E-state index in [1.807, 2.05) is 32.0 Å². The van der Waals surface area contributed by atoms with Crippen LogP contribution in [0.3, 0.4) is 0 Å². The van der Waals surface area contributed by atoms with Crippen LogP contribution in [0.25, 0.3) is 0 Å². The second-order valence-corrected chi connectivity index (χ2v) is 6.75. The molecule has 108 valence electrons. The van der Waals surface area contributed by atoms with E-state index < -0.39 is 5.60 Å². The van der Waals surface area contributed by atoms with Gasteiger partial charge >= 0.3 is 5.97 Å². The summed E-state index contributed by atoms with van der Waals surface area (Å²) in [5.41, 5.74) is 0.278. The van der Waals surface area contributed by atoms with Crippen LogP contribution in [0.2, 0.25) is 0 Å². The van der Waals surface area contributed by atoms with E-state index in [4.69, 9.17) is 9.47 Å². The molecule has 2 fully saturated rings. The summed E-state index contributed by atoms with van der Waals surface area (Å²) in [5, 5.41) is 0. The smallest absolute Gasteiger partial charge is 0.338 e. The molecule has 1 aromatic rings. The molecular weight excluding hydrogens is 252 g/mol. The monoisotopic (exact) mass is 274 g/mol. The number of hydrogen-bond acceptors (Lipinski definition) is 3. The molecule has 0 bridgehead atoms. The van der Waals surface area contributed by atoms with Crippen molar-refractivity contribution in [3.8, 4) is 0 Å². The van der Waals surface area contributed by atoms with Crippen LogP contribution < -0.4 is 0 Å². The molecule has 1 aliphatic carbocycles. The van der Waals surface area contributed by atoms with Crippen molar-refractivity contribution in [1.82, 2.24) is 0 Å². The molecule has 3 atom stereocenters. The normalized spacial score (nSPS) is 32.4. The van der Waals surface area contributed by atoms with Crippen LogP contribution in [0.15, 0.2) is 30.3 Å². The first-order chi connectivity index (χ1) is 9.41. The van der Waals surface area contributed by atoms with Crippen molar-refractivity contribution < 1.29 is 14.3 Å². The van der Waals surface area contributed by atoms with Crippen molar-refractivity contribution in [2.24, 2.45) is 5.92 Å². The number of benzene rings is 1. The van der Waals surface area contributed by atoms with Gasteiger partial charge in [0.05, 0.1) is 17.3 Å². The third kappa shape index (κ3) is 2.47. The Morgan fingerprint density at radius 2 is 2.05 bits per heavy atom. The zero-order chi connectivity index (χ0) is 14.4. The summed E-state index contributed by atoms with van der Waals surface area (Å²) in [4.78, 5) is 12.2. The van der Waals surface area contributed by atoms with Gasteiger partial charge in [-0.2, -0.15) is 0 Å². The Bertz CT molecular complexity index is 508. The number of fused-ring (bicyclic) bond motifs is 1. The molecule has 2 aliphatic rings. The third-order valence-electron chi connectivity index (χ3n) is 4.87. The van der Waals surface area contributed by atoms with E-state index in [0.717, 1.165) is 19.3 Å². The second kappa shape index (κ2) is 4.59. The molecule has 0 aromatic heterocycles. The molecule has 0 amide bonds. The van der Waals surface area contributed by atoms with Crippen LogP contribution >= 0.6 is 0 Å². The van der Waals surface area contributed by atoms with Gasteiger partial charge in [0.1, 0.15) is 5.60 Å². The fraction of sp³-hybridized carbons (Fsp3) is 0.588. The van der Waals surface area contributed by atoms with Crippen molar-refractivity contribution in [3.05, 3.63) is 35.9 Å². The van der Waals surface area contributed by atoms with Gasteiger partial charge in [0, 0.05) is 5.92 Å². The highest BCUT2D eigenvalue weighted by atomic mass is 16.6. The van der Waals surface area contributed by atoms with Crippen LogP contribution in [0.1, 0.15) is 50.4 Å². The van der Waals surface area contributed by atoms with E-state index in [2.05, 4.69) is 6.92 Å². The predicted molar refractivity (Wildman–Crippen MR) is 76.6 cm³/mol. The topological polar surface area (TPSA) is 38.8 Å². The number of carbonyl (C=O) groups excluding carboxylic acids is 1. The van der Waals surface area contributed by atoms with Crippen LogP contribution in [0.4, 0.5) is 0 Å². The van der Waals surface area contributed by atoms with Gasteiger partial charge in [-0.3, -0.25) is 0 Å². The molecule has 20 heavy (non-hydrogen) atoms. The zero-order valence-electron chi connectivity index (χ0n) is 12.4. The summed E-state index contributed by atoms with van der Waals surface area (Å²) in [6.45, 7) is 6.21. The molecule has 1 aliphatic heterocycles. The number of hydrogen-bond donors (Lipinski definition) is 0. The summed E-state index contributed by atoms with van der Waals surface area (Å²) in [6, 6.07) is 9.19. The highest BCUT2D eigenvalue weighted by Gasteiger charge is 2.57. The van der Waals surface area contributed by atoms with Gasteiger partial charge in [0.15, 0.2) is 0 Å². The Hall–Kier alpha value is -1.35. The molecule has 0 radical (unpaired) electrons. The molecular formula is C17H22O3. The van der Waals surface area contributed by atoms with Crippen LogP contribution in [0.5, 0.6) is 0 Å². The molecule has 1 saturated carbocycles. The van der Waals surface area contributed by atoms with Gasteiger partial charge in [-0.1, -0.05) is 18.2 Å². The summed E-state index contributed by atoms with van der Waals surface area (Å²) < 4.78 is 11.5. The Morgan fingerprint density at radius 1 is 1.35 bits per heavy atom. The van der Waals surface area contributed by atoms with Crippen LogP contribution in [0, 0.1) is 5.92 Å². The average Bonchev–Trinajstić information content (AvgIpc) is 3.09. The standard InChI is InChI=1S/C17H22O3/c1-16(2,13-9-10-17(3)14(11-13)19-17)20-15(18)12-7-5-4-6-8-12/h4-8,13-14H,9-11H2,1-3H3/t13-,14-,17+/m0/s1. The molecule has 3 rings (SSSR count). The van der Waals surface area contributed by atoms with Gasteiger partial charge in [0.25, 0.3) is 0 Å². The van der Waals surface area contributed by atoms with Crippen molar-refractivity contribution in [3.63, 3.8) is 0 Å². The van der Waals surface area contributed by atoms with E-state index in [1.54, 1.807) is 12.1 Å². The molecule has 0 N–H and O–H groups in total. The minimum absolute atomic E-state index is 0.107. The highest BCUT2D eigenvalue weighted by Crippen LogP contribution is 2.51. The van der Waals surface area contributed by atoms with Gasteiger partial charge in [-0.05, 0) is 52.2 Å². The predicted octanol–water partition coefficient (Wildman–Crippen LogP) is 3.58. The van der Waals surface area contributed by atoms with Crippen molar-refractivity contribution in [2.75, 3.05) is 0 Å². The van der Waals surface area contributed by atoms with E-state index in [0.29, 0.717) is 17.6 Å². The number of ether oxygens (including phenoxy) is 2. The van der Waals surface area contributed by atoms with E-state index in [9.17, 15) is 4.79 Å². The Kier molecular flexibility index (Phi) is 3.13. The number of carbonyl (C=O) groups is 1. The maximum atomic E-state index is 12.2. The van der Waals surface area contributed by atoms with Crippen molar-refractivity contribution in [2.45, 2.75) is 57.3 Å². The summed E-state index contributed by atoms with van der Waals surface area (Å²) in [5.74, 6) is 0.136. The minimum atomic E-state index is -0.444. The lowest BCUT2D eigenvalue weighted by Gasteiger charge is -2.36. The van der Waals surface area contributed by atoms with Crippen LogP contribution in [-0.4, -0.2) is 23.3 Å². The number of rotatable bonds is 3. The van der Waals surface area contributed by atoms with Gasteiger partial charge < -0.3 is 9.47 Å². The Balaban J connectivity index is 1.65. The minimum Gasteiger partial charge on any atom is -0.456 e. The molecule has 3 heteroatoms. The highest BCUT2D eigenvalue weighted by molar-refractivity contribution is 5.89. The molecule has 1 heterocycles. The molecule has 3 nitrogen and oxygen atoms in total. The van der Waals surface area contributed by atoms with E-state index in [1.165, 1.54) is 0 Å². The van der Waals surface area contributed by atoms with E-state index in [-0.39, 0.29) is 11.6 Å². The van der Waals surface area contributed by atoms with Gasteiger partial charge in [-0.15, -0.1) is 0 Å². The quantitative estimate of drug-likeness (QED) is 0.624. The molecule has 0 unspecified atom stereocenters. The van der Waals surface area contributed by atoms with Crippen molar-refractivity contribution in [1.29, 1.82) is 0 Å². The number of epoxide rings is 1. The summed E-state index contributed by atoms with van der Waals surface area (Å²) >= 11 is 0. The maximum absolute atomic E-state index is 12.2. The fourth-order valence-corrected chi connectivity index (χ4v) is 3.23. The molecule has 0 spiro atoms. The summed E-state index contributed by atoms with van der Waals surface area (Å²) in [6.07, 6.45) is 3.47. The lowest BCUT2D eigenvalue weighted by Crippen LogP contribution is -2.40. The Labute approximate surface area is 120 Å². The first kappa shape index (κ1) is 13.6. The van der Waals surface area contributed by atoms with Crippen molar-refractivity contribution >= 4 is 5.97 Å². The largest absolute Gasteiger partial charge is 0.456 e. The second-order valence-electron chi connectivity index (χ2n) is 6.75. The van der Waals surface area contributed by atoms with Gasteiger partial charge in [-0.25, -0.2) is 4.79 Å². The lowest BCUT2D eigenvalue weighted by molar-refractivity contribution is -0.0378. The first-order valence-electron chi connectivity index (χ1n) is 7.37. The third-order valence-corrected chi connectivity index (χ3v) is 4.87. The summed E-state index contributed by atoms with van der Waals surface area (Å²) in [7, 11) is 0. The first-order valence-corrected chi connectivity index (χ1v) is 7.37. The molecule has 1 aromatic carbocycles. The average molecular weight is 274 g/mol. The maximum Gasteiger partial charge on any atom is 0.338 e. The zero-order valence-corrected chi connectivity index (χ0v) is 12.4. The van der Waals surface area contributed by atoms with E-state index >= 15 is 0 Å².